The van der Waals surface area contributed by atoms with Gasteiger partial charge in [-0.15, -0.1) is 0 Å². The predicted molar refractivity (Wildman–Crippen MR) is 47.2 cm³/mol. The minimum Gasteiger partial charge on any atom is -0.481 e. The van der Waals surface area contributed by atoms with Crippen LogP contribution >= 0.6 is 0 Å². The van der Waals surface area contributed by atoms with Gasteiger partial charge in [0.05, 0.1) is 6.42 Å². The normalized spacial score (nSPS) is 10.3. The van der Waals surface area contributed by atoms with E-state index in [1.54, 1.807) is 0 Å². The topological polar surface area (TPSA) is 37.3 Å². The van der Waals surface area contributed by atoms with Gasteiger partial charge in [0.15, 0.2) is 0 Å². The summed E-state index contributed by atoms with van der Waals surface area (Å²) in [7, 11) is 0. The molecule has 1 rings (SSSR count). The van der Waals surface area contributed by atoms with E-state index < -0.39 is 24.0 Å². The van der Waals surface area contributed by atoms with Crippen molar-refractivity contribution in [2.45, 2.75) is 20.3 Å². The first-order valence-corrected chi connectivity index (χ1v) is 4.09. The second-order valence-corrected chi connectivity index (χ2v) is 3.19. The smallest absolute Gasteiger partial charge is 0.308 e. The predicted octanol–water partition coefficient (Wildman–Crippen LogP) is 2.21. The molecule has 0 heterocycles. The fraction of sp³-hybridized carbons (Fsp3) is 0.300. The highest BCUT2D eigenvalue weighted by Crippen LogP contribution is 2.20. The zero-order valence-electron chi connectivity index (χ0n) is 7.90. The molecule has 0 bridgehead atoms. The van der Waals surface area contributed by atoms with Gasteiger partial charge in [-0.1, -0.05) is 6.07 Å². The van der Waals surface area contributed by atoms with Crippen molar-refractivity contribution in [2.75, 3.05) is 0 Å². The van der Waals surface area contributed by atoms with Crippen molar-refractivity contribution in [1.29, 1.82) is 0 Å². The molecule has 0 saturated heterocycles. The van der Waals surface area contributed by atoms with Crippen LogP contribution in [0, 0.1) is 25.5 Å². The Morgan fingerprint density at radius 2 is 1.71 bits per heavy atom. The second kappa shape index (κ2) is 3.74. The number of aryl methyl sites for hydroxylation is 2. The van der Waals surface area contributed by atoms with Crippen LogP contribution in [0.25, 0.3) is 0 Å². The van der Waals surface area contributed by atoms with Crippen LogP contribution in [0.2, 0.25) is 0 Å². The van der Waals surface area contributed by atoms with E-state index >= 15 is 0 Å². The highest BCUT2D eigenvalue weighted by Gasteiger charge is 2.16. The molecule has 0 aliphatic rings. The largest absolute Gasteiger partial charge is 0.481 e. The maximum absolute atomic E-state index is 13.3. The minimum atomic E-state index is -1.24. The number of hydrogen-bond acceptors (Lipinski definition) is 1. The Bertz CT molecular complexity index is 360. The van der Waals surface area contributed by atoms with Gasteiger partial charge in [0.2, 0.25) is 0 Å². The fourth-order valence-corrected chi connectivity index (χ4v) is 1.33. The highest BCUT2D eigenvalue weighted by atomic mass is 19.1. The third kappa shape index (κ3) is 1.89. The first kappa shape index (κ1) is 10.6. The molecule has 0 radical (unpaired) electrons. The molecule has 14 heavy (non-hydrogen) atoms. The van der Waals surface area contributed by atoms with Crippen LogP contribution in [0.1, 0.15) is 16.7 Å². The lowest BCUT2D eigenvalue weighted by Gasteiger charge is -2.07. The van der Waals surface area contributed by atoms with Crippen molar-refractivity contribution in [2.24, 2.45) is 0 Å². The molecule has 0 unspecified atom stereocenters. The van der Waals surface area contributed by atoms with E-state index in [2.05, 4.69) is 0 Å². The molecule has 1 N–H and O–H groups in total. The van der Waals surface area contributed by atoms with E-state index in [4.69, 9.17) is 5.11 Å². The van der Waals surface area contributed by atoms with Crippen LogP contribution in [0.5, 0.6) is 0 Å². The van der Waals surface area contributed by atoms with Crippen molar-refractivity contribution < 1.29 is 18.7 Å². The summed E-state index contributed by atoms with van der Waals surface area (Å²) >= 11 is 0. The summed E-state index contributed by atoms with van der Waals surface area (Å²) in [6.45, 7) is 2.96. The molecule has 0 saturated carbocycles. The third-order valence-corrected chi connectivity index (χ3v) is 1.98. The van der Waals surface area contributed by atoms with Crippen LogP contribution in [0.3, 0.4) is 0 Å². The van der Waals surface area contributed by atoms with Crippen molar-refractivity contribution in [3.8, 4) is 0 Å². The zero-order valence-corrected chi connectivity index (χ0v) is 7.90. The maximum atomic E-state index is 13.3. The lowest BCUT2D eigenvalue weighted by molar-refractivity contribution is -0.136. The van der Waals surface area contributed by atoms with Gasteiger partial charge in [-0.05, 0) is 25.0 Å². The molecule has 0 amide bonds. The van der Waals surface area contributed by atoms with Crippen LogP contribution in [-0.4, -0.2) is 11.1 Å². The molecule has 1 aromatic carbocycles. The fourth-order valence-electron chi connectivity index (χ4n) is 1.33. The molecule has 0 aliphatic carbocycles. The maximum Gasteiger partial charge on any atom is 0.308 e. The van der Waals surface area contributed by atoms with Gasteiger partial charge in [-0.2, -0.15) is 0 Å². The van der Waals surface area contributed by atoms with Gasteiger partial charge in [-0.3, -0.25) is 4.79 Å². The van der Waals surface area contributed by atoms with Gasteiger partial charge in [0.25, 0.3) is 0 Å². The van der Waals surface area contributed by atoms with Gasteiger partial charge < -0.3 is 5.11 Å². The Balaban J connectivity index is 3.31. The highest BCUT2D eigenvalue weighted by molar-refractivity contribution is 5.70. The van der Waals surface area contributed by atoms with Crippen molar-refractivity contribution in [3.05, 3.63) is 34.4 Å². The van der Waals surface area contributed by atoms with Crippen LogP contribution in [-0.2, 0) is 11.2 Å². The Morgan fingerprint density at radius 3 is 2.07 bits per heavy atom. The molecule has 0 atom stereocenters. The summed E-state index contributed by atoms with van der Waals surface area (Å²) in [4.78, 5) is 10.4. The lowest BCUT2D eigenvalue weighted by atomic mass is 10.0. The standard InChI is InChI=1S/C10H10F2O2/c1-5-3-6(2)10(12)7(9(5)11)4-8(13)14/h3H,4H2,1-2H3,(H,13,14). The second-order valence-electron chi connectivity index (χ2n) is 3.19. The van der Waals surface area contributed by atoms with E-state index in [-0.39, 0.29) is 16.7 Å². The number of halogens is 2. The number of carboxylic acids is 1. The van der Waals surface area contributed by atoms with Crippen LogP contribution < -0.4 is 0 Å². The molecule has 0 aliphatic heterocycles. The average molecular weight is 200 g/mol. The molecular formula is C10H10F2O2. The molecule has 2 nitrogen and oxygen atoms in total. The van der Waals surface area contributed by atoms with E-state index in [0.29, 0.717) is 0 Å². The van der Waals surface area contributed by atoms with Gasteiger partial charge in [-0.25, -0.2) is 8.78 Å². The number of benzene rings is 1. The number of rotatable bonds is 2. The van der Waals surface area contributed by atoms with Crippen LogP contribution in [0.15, 0.2) is 6.07 Å². The van der Waals surface area contributed by atoms with Crippen molar-refractivity contribution in [3.63, 3.8) is 0 Å². The molecule has 0 aromatic heterocycles. The summed E-state index contributed by atoms with van der Waals surface area (Å²) in [5.41, 5.74) is 0.162. The zero-order chi connectivity index (χ0) is 10.9. The van der Waals surface area contributed by atoms with Crippen molar-refractivity contribution in [1.82, 2.24) is 0 Å². The summed E-state index contributed by atoms with van der Waals surface area (Å²) in [5, 5.41) is 8.46. The van der Waals surface area contributed by atoms with Gasteiger partial charge in [0, 0.05) is 5.56 Å². The van der Waals surface area contributed by atoms with E-state index in [1.807, 2.05) is 0 Å². The Hall–Kier alpha value is -1.45. The molecule has 1 aromatic rings. The first-order chi connectivity index (χ1) is 6.43. The molecule has 0 spiro atoms. The van der Waals surface area contributed by atoms with Gasteiger partial charge in [0.1, 0.15) is 11.6 Å². The SMILES string of the molecule is Cc1cc(C)c(F)c(CC(=O)O)c1F. The average Bonchev–Trinajstić information content (AvgIpc) is 2.09. The Kier molecular flexibility index (Phi) is 2.84. The summed E-state index contributed by atoms with van der Waals surface area (Å²) in [6, 6.07) is 1.36. The third-order valence-electron chi connectivity index (χ3n) is 1.98. The summed E-state index contributed by atoms with van der Waals surface area (Å²) in [6.07, 6.45) is -0.625. The van der Waals surface area contributed by atoms with Gasteiger partial charge >= 0.3 is 5.97 Å². The minimum absolute atomic E-state index is 0.264. The first-order valence-electron chi connectivity index (χ1n) is 4.09. The number of carbonyl (C=O) groups is 1. The Morgan fingerprint density at radius 1 is 1.29 bits per heavy atom. The van der Waals surface area contributed by atoms with Crippen molar-refractivity contribution >= 4 is 5.97 Å². The number of hydrogen-bond donors (Lipinski definition) is 1. The molecule has 4 heteroatoms. The monoisotopic (exact) mass is 200 g/mol. The summed E-state index contributed by atoms with van der Waals surface area (Å²) < 4.78 is 26.6. The number of aliphatic carboxylic acids is 1. The summed E-state index contributed by atoms with van der Waals surface area (Å²) in [5.74, 6) is -2.78. The van der Waals surface area contributed by atoms with E-state index in [0.717, 1.165) is 0 Å². The lowest BCUT2D eigenvalue weighted by Crippen LogP contribution is -2.07. The van der Waals surface area contributed by atoms with E-state index in [1.165, 1.54) is 19.9 Å². The molecule has 0 fully saturated rings. The van der Waals surface area contributed by atoms with E-state index in [9.17, 15) is 13.6 Å². The molecular weight excluding hydrogens is 190 g/mol. The Labute approximate surface area is 80.2 Å². The van der Waals surface area contributed by atoms with Crippen LogP contribution in [0.4, 0.5) is 8.78 Å². The molecule has 76 valence electrons. The quantitative estimate of drug-likeness (QED) is 0.794. The number of carboxylic acid groups (broad SMARTS) is 1.